The maximum atomic E-state index is 11.6. The van der Waals surface area contributed by atoms with Crippen molar-refractivity contribution in [2.24, 2.45) is 0 Å². The zero-order valence-electron chi connectivity index (χ0n) is 13.6. The van der Waals surface area contributed by atoms with Crippen LogP contribution in [0.2, 0.25) is 0 Å². The van der Waals surface area contributed by atoms with E-state index in [1.807, 2.05) is 48.5 Å². The van der Waals surface area contributed by atoms with Crippen molar-refractivity contribution in [3.05, 3.63) is 83.9 Å². The zero-order valence-corrected chi connectivity index (χ0v) is 13.6. The highest BCUT2D eigenvalue weighted by molar-refractivity contribution is 6.10. The number of rotatable bonds is 3. The minimum atomic E-state index is -1.02. The second-order valence-electron chi connectivity index (χ2n) is 6.10. The molecule has 0 fully saturated rings. The lowest BCUT2D eigenvalue weighted by molar-refractivity contribution is 0.0686. The lowest BCUT2D eigenvalue weighted by Gasteiger charge is -2.13. The molecular weight excluding hydrogens is 328 g/mol. The highest BCUT2D eigenvalue weighted by Crippen LogP contribution is 2.36. The van der Waals surface area contributed by atoms with Gasteiger partial charge < -0.3 is 10.2 Å². The summed E-state index contributed by atoms with van der Waals surface area (Å²) in [6.07, 6.45) is 0. The molecular formula is C22H14O4. The molecule has 0 aliphatic heterocycles. The summed E-state index contributed by atoms with van der Waals surface area (Å²) in [7, 11) is 0. The van der Waals surface area contributed by atoms with Crippen LogP contribution in [-0.4, -0.2) is 22.2 Å². The summed E-state index contributed by atoms with van der Waals surface area (Å²) < 4.78 is 0. The van der Waals surface area contributed by atoms with Crippen molar-refractivity contribution in [3.8, 4) is 11.1 Å². The van der Waals surface area contributed by atoms with Gasteiger partial charge in [-0.25, -0.2) is 9.59 Å². The van der Waals surface area contributed by atoms with Crippen LogP contribution in [0.5, 0.6) is 0 Å². The van der Waals surface area contributed by atoms with Gasteiger partial charge >= 0.3 is 11.9 Å². The first-order chi connectivity index (χ1) is 12.5. The van der Waals surface area contributed by atoms with Gasteiger partial charge in [-0.2, -0.15) is 0 Å². The Hall–Kier alpha value is -3.66. The third-order valence-electron chi connectivity index (χ3n) is 4.51. The molecule has 4 nitrogen and oxygen atoms in total. The lowest BCUT2D eigenvalue weighted by Crippen LogP contribution is -1.99. The van der Waals surface area contributed by atoms with Crippen molar-refractivity contribution in [3.63, 3.8) is 0 Å². The maximum Gasteiger partial charge on any atom is 0.335 e. The third kappa shape index (κ3) is 2.58. The first-order valence-corrected chi connectivity index (χ1v) is 8.07. The quantitative estimate of drug-likeness (QED) is 0.546. The number of aromatic carboxylic acids is 2. The minimum Gasteiger partial charge on any atom is -0.478 e. The SMILES string of the molecule is O=C(O)c1cc(-c2cc(C(=O)O)cc3ccccc23)c2ccccc2c1. The lowest BCUT2D eigenvalue weighted by atomic mass is 9.91. The van der Waals surface area contributed by atoms with Gasteiger partial charge in [-0.15, -0.1) is 0 Å². The molecule has 4 heteroatoms. The topological polar surface area (TPSA) is 74.6 Å². The van der Waals surface area contributed by atoms with E-state index in [2.05, 4.69) is 0 Å². The Labute approximate surface area is 148 Å². The number of carboxylic acid groups (broad SMARTS) is 2. The van der Waals surface area contributed by atoms with Crippen LogP contribution in [0.3, 0.4) is 0 Å². The predicted molar refractivity (Wildman–Crippen MR) is 101 cm³/mol. The summed E-state index contributed by atoms with van der Waals surface area (Å²) in [6.45, 7) is 0. The average Bonchev–Trinajstić information content (AvgIpc) is 2.66. The van der Waals surface area contributed by atoms with Crippen molar-refractivity contribution >= 4 is 33.5 Å². The Morgan fingerprint density at radius 3 is 1.35 bits per heavy atom. The first-order valence-electron chi connectivity index (χ1n) is 8.07. The fraction of sp³-hybridized carbons (Fsp3) is 0. The summed E-state index contributed by atoms with van der Waals surface area (Å²) >= 11 is 0. The van der Waals surface area contributed by atoms with E-state index in [-0.39, 0.29) is 11.1 Å². The number of carbonyl (C=O) groups is 2. The average molecular weight is 342 g/mol. The van der Waals surface area contributed by atoms with Crippen LogP contribution < -0.4 is 0 Å². The van der Waals surface area contributed by atoms with E-state index in [1.54, 1.807) is 24.3 Å². The molecule has 0 saturated heterocycles. The van der Waals surface area contributed by atoms with Gasteiger partial charge in [0, 0.05) is 0 Å². The van der Waals surface area contributed by atoms with E-state index in [9.17, 15) is 19.8 Å². The maximum absolute atomic E-state index is 11.6. The second kappa shape index (κ2) is 6.01. The predicted octanol–water partition coefficient (Wildman–Crippen LogP) is 5.06. The summed E-state index contributed by atoms with van der Waals surface area (Å²) in [6, 6.07) is 21.5. The zero-order chi connectivity index (χ0) is 18.3. The summed E-state index contributed by atoms with van der Waals surface area (Å²) in [5.41, 5.74) is 1.76. The van der Waals surface area contributed by atoms with E-state index < -0.39 is 11.9 Å². The fourth-order valence-corrected chi connectivity index (χ4v) is 3.31. The summed E-state index contributed by atoms with van der Waals surface area (Å²) in [4.78, 5) is 23.1. The highest BCUT2D eigenvalue weighted by atomic mass is 16.4. The summed E-state index contributed by atoms with van der Waals surface area (Å²) in [5, 5.41) is 22.3. The van der Waals surface area contributed by atoms with E-state index in [4.69, 9.17) is 0 Å². The van der Waals surface area contributed by atoms with Crippen molar-refractivity contribution in [2.45, 2.75) is 0 Å². The van der Waals surface area contributed by atoms with Crippen LogP contribution in [0.4, 0.5) is 0 Å². The molecule has 0 unspecified atom stereocenters. The molecule has 0 radical (unpaired) electrons. The van der Waals surface area contributed by atoms with Crippen LogP contribution in [0, 0.1) is 0 Å². The molecule has 2 N–H and O–H groups in total. The smallest absolute Gasteiger partial charge is 0.335 e. The molecule has 4 aromatic carbocycles. The van der Waals surface area contributed by atoms with Crippen molar-refractivity contribution in [1.29, 1.82) is 0 Å². The molecule has 0 bridgehead atoms. The summed E-state index contributed by atoms with van der Waals surface area (Å²) in [5.74, 6) is -2.04. The number of fused-ring (bicyclic) bond motifs is 2. The molecule has 0 amide bonds. The standard InChI is InChI=1S/C22H14O4/c23-21(24)15-9-13-5-1-3-7-17(13)19(11-15)20-12-16(22(25)26)10-14-6-2-4-8-18(14)20/h1-12H,(H,23,24)(H,25,26). The largest absolute Gasteiger partial charge is 0.478 e. The molecule has 126 valence electrons. The van der Waals surface area contributed by atoms with Gasteiger partial charge in [-0.1, -0.05) is 48.5 Å². The number of hydrogen-bond donors (Lipinski definition) is 2. The van der Waals surface area contributed by atoms with Gasteiger partial charge in [-0.3, -0.25) is 0 Å². The molecule has 0 saturated carbocycles. The van der Waals surface area contributed by atoms with Crippen molar-refractivity contribution in [1.82, 2.24) is 0 Å². The van der Waals surface area contributed by atoms with Crippen molar-refractivity contribution in [2.75, 3.05) is 0 Å². The molecule has 0 heterocycles. The number of hydrogen-bond acceptors (Lipinski definition) is 2. The molecule has 0 atom stereocenters. The van der Waals surface area contributed by atoms with E-state index in [0.717, 1.165) is 21.5 Å². The van der Waals surface area contributed by atoms with Crippen LogP contribution in [-0.2, 0) is 0 Å². The fourth-order valence-electron chi connectivity index (χ4n) is 3.31. The Balaban J connectivity index is 2.16. The number of carboxylic acids is 2. The van der Waals surface area contributed by atoms with Gasteiger partial charge in [0.05, 0.1) is 11.1 Å². The van der Waals surface area contributed by atoms with Gasteiger partial charge in [0.25, 0.3) is 0 Å². The van der Waals surface area contributed by atoms with E-state index in [0.29, 0.717) is 11.1 Å². The molecule has 0 aliphatic rings. The molecule has 0 spiro atoms. The molecule has 0 aliphatic carbocycles. The molecule has 4 aromatic rings. The Morgan fingerprint density at radius 1 is 0.577 bits per heavy atom. The molecule has 4 rings (SSSR count). The van der Waals surface area contributed by atoms with Crippen LogP contribution in [0.25, 0.3) is 32.7 Å². The number of benzene rings is 4. The Bertz CT molecular complexity index is 1100. The molecule has 26 heavy (non-hydrogen) atoms. The van der Waals surface area contributed by atoms with Crippen molar-refractivity contribution < 1.29 is 19.8 Å². The van der Waals surface area contributed by atoms with E-state index in [1.165, 1.54) is 0 Å². The van der Waals surface area contributed by atoms with Gasteiger partial charge in [0.2, 0.25) is 0 Å². The monoisotopic (exact) mass is 342 g/mol. The third-order valence-corrected chi connectivity index (χ3v) is 4.51. The minimum absolute atomic E-state index is 0.170. The first kappa shape index (κ1) is 15.8. The Morgan fingerprint density at radius 2 is 0.962 bits per heavy atom. The second-order valence-corrected chi connectivity index (χ2v) is 6.10. The van der Waals surface area contributed by atoms with E-state index >= 15 is 0 Å². The van der Waals surface area contributed by atoms with Gasteiger partial charge in [0.1, 0.15) is 0 Å². The Kier molecular flexibility index (Phi) is 3.66. The van der Waals surface area contributed by atoms with Gasteiger partial charge in [0.15, 0.2) is 0 Å². The highest BCUT2D eigenvalue weighted by Gasteiger charge is 2.15. The van der Waals surface area contributed by atoms with Gasteiger partial charge in [-0.05, 0) is 56.9 Å². The van der Waals surface area contributed by atoms with Crippen LogP contribution in [0.15, 0.2) is 72.8 Å². The molecule has 0 aromatic heterocycles. The normalized spacial score (nSPS) is 10.9. The van der Waals surface area contributed by atoms with Crippen LogP contribution in [0.1, 0.15) is 20.7 Å². The van der Waals surface area contributed by atoms with Crippen LogP contribution >= 0.6 is 0 Å².